The van der Waals surface area contributed by atoms with Gasteiger partial charge >= 0.3 is 0 Å². The molecule has 2 saturated carbocycles. The zero-order chi connectivity index (χ0) is 15.8. The van der Waals surface area contributed by atoms with Gasteiger partial charge < -0.3 is 15.2 Å². The second kappa shape index (κ2) is 6.25. The van der Waals surface area contributed by atoms with Gasteiger partial charge in [0.15, 0.2) is 0 Å². The minimum Gasteiger partial charge on any atom is -0.392 e. The van der Waals surface area contributed by atoms with E-state index >= 15 is 0 Å². The topological polar surface area (TPSA) is 58.6 Å². The first-order valence-electron chi connectivity index (χ1n) is 8.90. The molecule has 1 aliphatic heterocycles. The van der Waals surface area contributed by atoms with Crippen molar-refractivity contribution in [3.8, 4) is 0 Å². The summed E-state index contributed by atoms with van der Waals surface area (Å²) in [6, 6.07) is 7.49. The Morgan fingerprint density at radius 3 is 2.61 bits per heavy atom. The highest BCUT2D eigenvalue weighted by Gasteiger charge is 2.56. The van der Waals surface area contributed by atoms with Crippen LogP contribution >= 0.6 is 0 Å². The van der Waals surface area contributed by atoms with Crippen molar-refractivity contribution < 1.29 is 14.6 Å². The molecule has 4 atom stereocenters. The Hall–Kier alpha value is -1.39. The van der Waals surface area contributed by atoms with Crippen LogP contribution in [0.2, 0.25) is 0 Å². The predicted octanol–water partition coefficient (Wildman–Crippen LogP) is 2.50. The van der Waals surface area contributed by atoms with E-state index < -0.39 is 0 Å². The fourth-order valence-corrected chi connectivity index (χ4v) is 4.86. The predicted molar refractivity (Wildman–Crippen MR) is 86.9 cm³/mol. The van der Waals surface area contributed by atoms with E-state index in [1.165, 1.54) is 25.7 Å². The number of hydrogen-bond acceptors (Lipinski definition) is 3. The largest absolute Gasteiger partial charge is 0.392 e. The molecule has 0 bridgehead atoms. The van der Waals surface area contributed by atoms with Crippen molar-refractivity contribution >= 4 is 5.91 Å². The number of fused-ring (bicyclic) bond motifs is 1. The molecule has 0 unspecified atom stereocenters. The maximum atomic E-state index is 12.6. The van der Waals surface area contributed by atoms with Gasteiger partial charge in [0.1, 0.15) is 0 Å². The van der Waals surface area contributed by atoms with Crippen LogP contribution in [-0.4, -0.2) is 29.8 Å². The van der Waals surface area contributed by atoms with E-state index in [4.69, 9.17) is 9.84 Å². The van der Waals surface area contributed by atoms with Gasteiger partial charge in [-0.1, -0.05) is 37.8 Å². The third kappa shape index (κ3) is 2.68. The SMILES string of the molecule is O=C(N[C@H]1[C@H]2CCO[C@H]2[C@H]1C1CCCC1)c1ccc(CO)cc1. The number of aliphatic hydroxyl groups is 1. The second-order valence-electron chi connectivity index (χ2n) is 7.26. The Morgan fingerprint density at radius 1 is 1.17 bits per heavy atom. The number of benzene rings is 1. The van der Waals surface area contributed by atoms with Gasteiger partial charge in [0.2, 0.25) is 0 Å². The minimum absolute atomic E-state index is 0.00726. The average molecular weight is 315 g/mol. The van der Waals surface area contributed by atoms with Crippen molar-refractivity contribution in [3.05, 3.63) is 35.4 Å². The van der Waals surface area contributed by atoms with Gasteiger partial charge in [-0.3, -0.25) is 4.79 Å². The molecule has 1 amide bonds. The first-order chi connectivity index (χ1) is 11.3. The van der Waals surface area contributed by atoms with Crippen LogP contribution in [0.25, 0.3) is 0 Å². The number of aliphatic hydroxyl groups excluding tert-OH is 1. The van der Waals surface area contributed by atoms with Crippen LogP contribution in [0.4, 0.5) is 0 Å². The van der Waals surface area contributed by atoms with E-state index in [1.54, 1.807) is 12.1 Å². The standard InChI is InChI=1S/C19H25NO3/c21-11-12-5-7-14(8-6-12)19(22)20-17-15-9-10-23-18(15)16(17)13-3-1-2-4-13/h5-8,13,15-18,21H,1-4,9-11H2,(H,20,22)/t15-,16+,17+,18-/m1/s1. The summed E-state index contributed by atoms with van der Waals surface area (Å²) in [5.41, 5.74) is 1.51. The van der Waals surface area contributed by atoms with Crippen LogP contribution < -0.4 is 5.32 Å². The van der Waals surface area contributed by atoms with Gasteiger partial charge in [-0.05, 0) is 30.0 Å². The van der Waals surface area contributed by atoms with Crippen LogP contribution in [0, 0.1) is 17.8 Å². The molecule has 23 heavy (non-hydrogen) atoms. The zero-order valence-corrected chi connectivity index (χ0v) is 13.4. The normalized spacial score (nSPS) is 33.3. The lowest BCUT2D eigenvalue weighted by Crippen LogP contribution is -2.63. The Morgan fingerprint density at radius 2 is 1.91 bits per heavy atom. The quantitative estimate of drug-likeness (QED) is 0.897. The summed E-state index contributed by atoms with van der Waals surface area (Å²) in [6.07, 6.45) is 6.66. The molecule has 0 spiro atoms. The van der Waals surface area contributed by atoms with E-state index in [0.29, 0.717) is 23.5 Å². The van der Waals surface area contributed by atoms with Crippen LogP contribution in [0.3, 0.4) is 0 Å². The Kier molecular flexibility index (Phi) is 4.12. The number of ether oxygens (including phenoxy) is 1. The molecule has 1 saturated heterocycles. The number of hydrogen-bond donors (Lipinski definition) is 2. The van der Waals surface area contributed by atoms with Crippen LogP contribution in [0.1, 0.15) is 48.0 Å². The highest BCUT2D eigenvalue weighted by atomic mass is 16.5. The molecule has 4 rings (SSSR count). The van der Waals surface area contributed by atoms with Crippen molar-refractivity contribution in [2.24, 2.45) is 17.8 Å². The maximum absolute atomic E-state index is 12.6. The number of amides is 1. The molecule has 0 radical (unpaired) electrons. The molecule has 2 N–H and O–H groups in total. The molecular weight excluding hydrogens is 290 g/mol. The molecule has 3 fully saturated rings. The van der Waals surface area contributed by atoms with Crippen molar-refractivity contribution in [3.63, 3.8) is 0 Å². The summed E-state index contributed by atoms with van der Waals surface area (Å²) in [5, 5.41) is 12.4. The summed E-state index contributed by atoms with van der Waals surface area (Å²) in [6.45, 7) is 0.853. The van der Waals surface area contributed by atoms with E-state index in [0.717, 1.165) is 24.5 Å². The van der Waals surface area contributed by atoms with E-state index in [9.17, 15) is 4.79 Å². The highest BCUT2D eigenvalue weighted by Crippen LogP contribution is 2.51. The molecule has 4 nitrogen and oxygen atoms in total. The number of carbonyl (C=O) groups is 1. The summed E-state index contributed by atoms with van der Waals surface area (Å²) >= 11 is 0. The van der Waals surface area contributed by atoms with Crippen LogP contribution in [0.5, 0.6) is 0 Å². The first-order valence-corrected chi connectivity index (χ1v) is 8.90. The van der Waals surface area contributed by atoms with E-state index in [-0.39, 0.29) is 18.6 Å². The second-order valence-corrected chi connectivity index (χ2v) is 7.26. The van der Waals surface area contributed by atoms with Gasteiger partial charge in [-0.2, -0.15) is 0 Å². The number of nitrogens with one attached hydrogen (secondary N) is 1. The smallest absolute Gasteiger partial charge is 0.251 e. The third-order valence-electron chi connectivity index (χ3n) is 6.08. The van der Waals surface area contributed by atoms with Crippen molar-refractivity contribution in [1.82, 2.24) is 5.32 Å². The average Bonchev–Trinajstić information content (AvgIpc) is 3.23. The van der Waals surface area contributed by atoms with Gasteiger partial charge in [0.25, 0.3) is 5.91 Å². The third-order valence-corrected chi connectivity index (χ3v) is 6.08. The first kappa shape index (κ1) is 15.2. The van der Waals surface area contributed by atoms with E-state index in [2.05, 4.69) is 5.32 Å². The fraction of sp³-hybridized carbons (Fsp3) is 0.632. The Bertz CT molecular complexity index is 560. The van der Waals surface area contributed by atoms with Crippen molar-refractivity contribution in [2.45, 2.75) is 50.9 Å². The van der Waals surface area contributed by atoms with Crippen LogP contribution in [0.15, 0.2) is 24.3 Å². The molecule has 1 aromatic rings. The monoisotopic (exact) mass is 315 g/mol. The molecule has 1 aromatic carbocycles. The lowest BCUT2D eigenvalue weighted by atomic mass is 9.61. The summed E-state index contributed by atoms with van der Waals surface area (Å²) in [5.74, 6) is 1.73. The zero-order valence-electron chi connectivity index (χ0n) is 13.4. The highest BCUT2D eigenvalue weighted by molar-refractivity contribution is 5.94. The number of carbonyl (C=O) groups excluding carboxylic acids is 1. The maximum Gasteiger partial charge on any atom is 0.251 e. The number of rotatable bonds is 4. The summed E-state index contributed by atoms with van der Waals surface area (Å²) < 4.78 is 5.95. The molecule has 2 aliphatic carbocycles. The molecule has 0 aromatic heterocycles. The molecular formula is C19H25NO3. The Labute approximate surface area is 137 Å². The van der Waals surface area contributed by atoms with Gasteiger partial charge in [-0.25, -0.2) is 0 Å². The molecule has 3 aliphatic rings. The molecule has 1 heterocycles. The van der Waals surface area contributed by atoms with Gasteiger partial charge in [0.05, 0.1) is 12.7 Å². The van der Waals surface area contributed by atoms with Gasteiger partial charge in [-0.15, -0.1) is 0 Å². The minimum atomic E-state index is 0.00726. The molecule has 4 heteroatoms. The van der Waals surface area contributed by atoms with Gasteiger partial charge in [0, 0.05) is 30.0 Å². The van der Waals surface area contributed by atoms with Crippen molar-refractivity contribution in [2.75, 3.05) is 6.61 Å². The van der Waals surface area contributed by atoms with E-state index in [1.807, 2.05) is 12.1 Å². The lowest BCUT2D eigenvalue weighted by molar-refractivity contribution is -0.0784. The van der Waals surface area contributed by atoms with Crippen molar-refractivity contribution in [1.29, 1.82) is 0 Å². The fourth-order valence-electron chi connectivity index (χ4n) is 4.86. The lowest BCUT2D eigenvalue weighted by Gasteiger charge is -2.50. The summed E-state index contributed by atoms with van der Waals surface area (Å²) in [7, 11) is 0. The Balaban J connectivity index is 1.46. The summed E-state index contributed by atoms with van der Waals surface area (Å²) in [4.78, 5) is 12.6. The van der Waals surface area contributed by atoms with Crippen LogP contribution in [-0.2, 0) is 11.3 Å². The molecule has 124 valence electrons.